The number of hydrogen-bond acceptors (Lipinski definition) is 6. The maximum atomic E-state index is 10.9. The zero-order valence-electron chi connectivity index (χ0n) is 16.5. The van der Waals surface area contributed by atoms with Crippen molar-refractivity contribution in [3.8, 4) is 5.75 Å². The highest BCUT2D eigenvalue weighted by molar-refractivity contribution is 7.46. The van der Waals surface area contributed by atoms with Gasteiger partial charge in [-0.1, -0.05) is 45.9 Å². The molecule has 0 aliphatic rings. The summed E-state index contributed by atoms with van der Waals surface area (Å²) in [5, 5.41) is 18.0. The van der Waals surface area contributed by atoms with Gasteiger partial charge in [0.15, 0.2) is 5.82 Å². The van der Waals surface area contributed by atoms with E-state index in [9.17, 15) is 9.67 Å². The number of hydrogen-bond donors (Lipinski definition) is 3. The molecule has 0 saturated heterocycles. The lowest BCUT2D eigenvalue weighted by Crippen LogP contribution is -1.99. The Morgan fingerprint density at radius 3 is 2.11 bits per heavy atom. The van der Waals surface area contributed by atoms with E-state index in [4.69, 9.17) is 9.79 Å². The van der Waals surface area contributed by atoms with Crippen LogP contribution in [0.5, 0.6) is 5.75 Å². The number of phosphoric ester groups is 1. The van der Waals surface area contributed by atoms with Crippen molar-refractivity contribution >= 4 is 19.3 Å². The van der Waals surface area contributed by atoms with Crippen molar-refractivity contribution < 1.29 is 24.0 Å². The molecule has 0 radical (unpaired) electrons. The lowest BCUT2D eigenvalue weighted by atomic mass is 10.1. The Morgan fingerprint density at radius 1 is 1.04 bits per heavy atom. The number of aromatic nitrogens is 1. The van der Waals surface area contributed by atoms with Crippen LogP contribution >= 0.6 is 7.82 Å². The lowest BCUT2D eigenvalue weighted by molar-refractivity contribution is 0.188. The van der Waals surface area contributed by atoms with Gasteiger partial charge in [-0.15, -0.1) is 10.2 Å². The first kappa shape index (κ1) is 24.9. The fourth-order valence-electron chi connectivity index (χ4n) is 1.87. The predicted molar refractivity (Wildman–Crippen MR) is 106 cm³/mol. The molecule has 9 heteroatoms. The van der Waals surface area contributed by atoms with Crippen LogP contribution in [0.2, 0.25) is 0 Å². The number of phosphoric acid groups is 1. The minimum Gasteiger partial charge on any atom is -0.506 e. The molecule has 2 aromatic rings. The van der Waals surface area contributed by atoms with E-state index in [2.05, 4.69) is 19.7 Å². The van der Waals surface area contributed by atoms with Gasteiger partial charge in [-0.25, -0.2) is 9.55 Å². The van der Waals surface area contributed by atoms with Gasteiger partial charge in [-0.2, -0.15) is 0 Å². The van der Waals surface area contributed by atoms with Crippen LogP contribution in [0.15, 0.2) is 40.6 Å². The van der Waals surface area contributed by atoms with Gasteiger partial charge in [0.25, 0.3) is 0 Å². The van der Waals surface area contributed by atoms with Crippen molar-refractivity contribution in [2.75, 3.05) is 0 Å². The number of benzene rings is 1. The molecule has 0 saturated carbocycles. The van der Waals surface area contributed by atoms with Crippen LogP contribution in [0.1, 0.15) is 44.5 Å². The topological polar surface area (TPSA) is 125 Å². The van der Waals surface area contributed by atoms with Gasteiger partial charge in [-0.05, 0) is 26.0 Å². The normalized spacial score (nSPS) is 10.7. The van der Waals surface area contributed by atoms with E-state index in [0.717, 1.165) is 0 Å². The third-order valence-electron chi connectivity index (χ3n) is 3.09. The molecule has 150 valence electrons. The van der Waals surface area contributed by atoms with E-state index in [1.54, 1.807) is 38.1 Å². The lowest BCUT2D eigenvalue weighted by Gasteiger charge is -2.12. The fourth-order valence-corrected chi connectivity index (χ4v) is 2.16. The number of azo groups is 1. The number of rotatable bonds is 5. The van der Waals surface area contributed by atoms with Crippen molar-refractivity contribution in [2.24, 2.45) is 10.2 Å². The van der Waals surface area contributed by atoms with Crippen molar-refractivity contribution in [1.82, 2.24) is 4.98 Å². The van der Waals surface area contributed by atoms with Crippen molar-refractivity contribution in [2.45, 2.75) is 48.1 Å². The van der Waals surface area contributed by atoms with Gasteiger partial charge in [-0.3, -0.25) is 4.52 Å². The van der Waals surface area contributed by atoms with E-state index in [1.807, 2.05) is 33.8 Å². The van der Waals surface area contributed by atoms with E-state index >= 15 is 0 Å². The van der Waals surface area contributed by atoms with Crippen molar-refractivity contribution in [3.05, 3.63) is 47.2 Å². The molecule has 0 aliphatic carbocycles. The Labute approximate surface area is 160 Å². The Balaban J connectivity index is 0.00000158. The van der Waals surface area contributed by atoms with Crippen LogP contribution in [0.25, 0.3) is 0 Å². The smallest absolute Gasteiger partial charge is 0.469 e. The largest absolute Gasteiger partial charge is 0.506 e. The molecule has 0 bridgehead atoms. The molecule has 0 amide bonds. The molecule has 0 aliphatic heterocycles. The Kier molecular flexibility index (Phi) is 11.3. The van der Waals surface area contributed by atoms with Gasteiger partial charge in [0.1, 0.15) is 5.75 Å². The molecule has 1 aromatic carbocycles. The molecule has 0 spiro atoms. The standard InChI is InChI=1S/C14H16N3O5P.2C2H6/c1-9-12(8-22-23(19,20)21)14(15-10(2)13(9)18)17-16-11-6-4-3-5-7-11;2*1-2/h3-7,18H,8H2,1-2H3,(H2,19,20,21);2*1-2H3. The van der Waals surface area contributed by atoms with Gasteiger partial charge < -0.3 is 14.9 Å². The van der Waals surface area contributed by atoms with Gasteiger partial charge in [0.05, 0.1) is 18.0 Å². The third kappa shape index (κ3) is 8.41. The zero-order valence-corrected chi connectivity index (χ0v) is 17.4. The van der Waals surface area contributed by atoms with Gasteiger partial charge >= 0.3 is 7.82 Å². The van der Waals surface area contributed by atoms with Crippen LogP contribution in [0.3, 0.4) is 0 Å². The van der Waals surface area contributed by atoms with E-state index in [0.29, 0.717) is 16.9 Å². The fraction of sp³-hybridized carbons (Fsp3) is 0.389. The number of aryl methyl sites for hydroxylation is 1. The van der Waals surface area contributed by atoms with Crippen LogP contribution in [-0.4, -0.2) is 19.9 Å². The average Bonchev–Trinajstić information content (AvgIpc) is 2.67. The van der Waals surface area contributed by atoms with E-state index in [1.165, 1.54) is 0 Å². The summed E-state index contributed by atoms with van der Waals surface area (Å²) in [5.41, 5.74) is 1.58. The average molecular weight is 397 g/mol. The zero-order chi connectivity index (χ0) is 21.0. The minimum absolute atomic E-state index is 0.0760. The predicted octanol–water partition coefficient (Wildman–Crippen LogP) is 5.48. The molecule has 1 heterocycles. The molecule has 0 unspecified atom stereocenters. The van der Waals surface area contributed by atoms with Crippen LogP contribution < -0.4 is 0 Å². The quantitative estimate of drug-likeness (QED) is 0.453. The van der Waals surface area contributed by atoms with Crippen molar-refractivity contribution in [1.29, 1.82) is 0 Å². The molecule has 1 aromatic heterocycles. The first-order valence-electron chi connectivity index (χ1n) is 8.64. The summed E-state index contributed by atoms with van der Waals surface area (Å²) in [5.74, 6) is 0.0584. The molecular weight excluding hydrogens is 369 g/mol. The van der Waals surface area contributed by atoms with Crippen LogP contribution in [-0.2, 0) is 15.7 Å². The first-order chi connectivity index (χ1) is 12.8. The first-order valence-corrected chi connectivity index (χ1v) is 10.2. The molecule has 2 rings (SSSR count). The second kappa shape index (κ2) is 12.3. The summed E-state index contributed by atoms with van der Waals surface area (Å²) in [6, 6.07) is 8.93. The molecule has 0 fully saturated rings. The monoisotopic (exact) mass is 397 g/mol. The SMILES string of the molecule is CC.CC.Cc1nc(N=Nc2ccccc2)c(COP(=O)(O)O)c(C)c1O. The summed E-state index contributed by atoms with van der Waals surface area (Å²) in [7, 11) is -4.66. The maximum absolute atomic E-state index is 10.9. The highest BCUT2D eigenvalue weighted by Crippen LogP contribution is 2.40. The Bertz CT molecular complexity index is 776. The Morgan fingerprint density at radius 2 is 1.59 bits per heavy atom. The number of pyridine rings is 1. The summed E-state index contributed by atoms with van der Waals surface area (Å²) in [6.07, 6.45) is 0. The highest BCUT2D eigenvalue weighted by Gasteiger charge is 2.20. The van der Waals surface area contributed by atoms with Crippen LogP contribution in [0, 0.1) is 13.8 Å². The third-order valence-corrected chi connectivity index (χ3v) is 3.55. The second-order valence-electron chi connectivity index (χ2n) is 4.77. The minimum atomic E-state index is -4.66. The maximum Gasteiger partial charge on any atom is 0.469 e. The summed E-state index contributed by atoms with van der Waals surface area (Å²) in [6.45, 7) is 10.7. The van der Waals surface area contributed by atoms with Crippen LogP contribution in [0.4, 0.5) is 11.5 Å². The molecule has 8 nitrogen and oxygen atoms in total. The van der Waals surface area contributed by atoms with Gasteiger partial charge in [0, 0.05) is 11.1 Å². The summed E-state index contributed by atoms with van der Waals surface area (Å²) in [4.78, 5) is 21.8. The molecular formula is C18H28N3O5P. The Hall–Kier alpha value is -2.12. The number of aromatic hydroxyl groups is 1. The molecule has 3 N–H and O–H groups in total. The van der Waals surface area contributed by atoms with Gasteiger partial charge in [0.2, 0.25) is 0 Å². The summed E-state index contributed by atoms with van der Waals surface area (Å²) < 4.78 is 15.4. The van der Waals surface area contributed by atoms with E-state index in [-0.39, 0.29) is 17.1 Å². The van der Waals surface area contributed by atoms with Crippen molar-refractivity contribution in [3.63, 3.8) is 0 Å². The molecule has 0 atom stereocenters. The highest BCUT2D eigenvalue weighted by atomic mass is 31.2. The molecule has 27 heavy (non-hydrogen) atoms. The second-order valence-corrected chi connectivity index (χ2v) is 6.01. The number of nitrogens with zero attached hydrogens (tertiary/aromatic N) is 3. The summed E-state index contributed by atoms with van der Waals surface area (Å²) >= 11 is 0. The van der Waals surface area contributed by atoms with E-state index < -0.39 is 14.4 Å².